The Bertz CT molecular complexity index is 361. The van der Waals surface area contributed by atoms with Gasteiger partial charge in [0.1, 0.15) is 0 Å². The van der Waals surface area contributed by atoms with E-state index in [9.17, 15) is 9.59 Å². The molecule has 0 saturated heterocycles. The van der Waals surface area contributed by atoms with Gasteiger partial charge in [0, 0.05) is 12.8 Å². The average molecular weight is 417 g/mol. The molecule has 4 nitrogen and oxygen atoms in total. The van der Waals surface area contributed by atoms with Gasteiger partial charge in [-0.2, -0.15) is 11.8 Å². The molecule has 0 radical (unpaired) electrons. The number of carbonyl (C=O) groups excluding carboxylic acids is 1. The van der Waals surface area contributed by atoms with Gasteiger partial charge in [-0.15, -0.1) is 0 Å². The summed E-state index contributed by atoms with van der Waals surface area (Å²) in [6.45, 7) is 2.82. The molecule has 0 unspecified atom stereocenters. The maximum Gasteiger partial charge on any atom is 0.305 e. The van der Waals surface area contributed by atoms with Crippen LogP contribution in [0.1, 0.15) is 116 Å². The molecule has 0 spiro atoms. The van der Waals surface area contributed by atoms with Crippen LogP contribution in [0.3, 0.4) is 0 Å². The Hall–Kier alpha value is -0.710. The third-order valence-electron chi connectivity index (χ3n) is 4.86. The van der Waals surface area contributed by atoms with E-state index < -0.39 is 5.97 Å². The summed E-state index contributed by atoms with van der Waals surface area (Å²) in [5.41, 5.74) is 0. The Morgan fingerprint density at radius 2 is 1.14 bits per heavy atom. The van der Waals surface area contributed by atoms with Gasteiger partial charge in [0.2, 0.25) is 0 Å². The zero-order valence-corrected chi connectivity index (χ0v) is 19.0. The highest BCUT2D eigenvalue weighted by atomic mass is 32.2. The minimum Gasteiger partial charge on any atom is -0.481 e. The second-order valence-electron chi connectivity index (χ2n) is 7.68. The van der Waals surface area contributed by atoms with Crippen molar-refractivity contribution in [3.63, 3.8) is 0 Å². The first kappa shape index (κ1) is 27.3. The molecule has 0 aliphatic heterocycles. The van der Waals surface area contributed by atoms with Crippen molar-refractivity contribution < 1.29 is 19.4 Å². The number of thioether (sulfide) groups is 1. The standard InChI is InChI=1S/C23H44O4S/c1-2-3-4-5-6-7-8-9-10-11-12-13-14-19-27-23(26)18-16-21-28-20-15-17-22(24)25/h2-21H2,1H3,(H,24,25). The predicted molar refractivity (Wildman–Crippen MR) is 120 cm³/mol. The fourth-order valence-corrected chi connectivity index (χ4v) is 4.03. The van der Waals surface area contributed by atoms with Crippen LogP contribution in [0, 0.1) is 0 Å². The second kappa shape index (κ2) is 22.6. The molecule has 0 rings (SSSR count). The number of carboxylic acids is 1. The van der Waals surface area contributed by atoms with Crippen molar-refractivity contribution in [1.82, 2.24) is 0 Å². The van der Waals surface area contributed by atoms with E-state index in [1.807, 2.05) is 0 Å². The number of hydrogen-bond acceptors (Lipinski definition) is 4. The average Bonchev–Trinajstić information content (AvgIpc) is 2.67. The van der Waals surface area contributed by atoms with Crippen molar-refractivity contribution in [2.24, 2.45) is 0 Å². The molecule has 0 aliphatic carbocycles. The highest BCUT2D eigenvalue weighted by Gasteiger charge is 2.03. The summed E-state index contributed by atoms with van der Waals surface area (Å²) in [6, 6.07) is 0. The van der Waals surface area contributed by atoms with Gasteiger partial charge in [0.05, 0.1) is 6.61 Å². The minimum absolute atomic E-state index is 0.0925. The van der Waals surface area contributed by atoms with Gasteiger partial charge in [0.25, 0.3) is 0 Å². The predicted octanol–water partition coefficient (Wildman–Crippen LogP) is 7.00. The molecule has 0 aromatic heterocycles. The number of hydrogen-bond donors (Lipinski definition) is 1. The van der Waals surface area contributed by atoms with Crippen LogP contribution in [0.4, 0.5) is 0 Å². The topological polar surface area (TPSA) is 63.6 Å². The SMILES string of the molecule is CCCCCCCCCCCCCCCOC(=O)CCCSCCCC(=O)O. The summed E-state index contributed by atoms with van der Waals surface area (Å²) < 4.78 is 5.28. The lowest BCUT2D eigenvalue weighted by molar-refractivity contribution is -0.143. The third kappa shape index (κ3) is 23.3. The molecule has 0 atom stereocenters. The number of aliphatic carboxylic acids is 1. The largest absolute Gasteiger partial charge is 0.481 e. The van der Waals surface area contributed by atoms with Crippen molar-refractivity contribution in [3.05, 3.63) is 0 Å². The Labute approximate surface area is 177 Å². The van der Waals surface area contributed by atoms with Crippen LogP contribution in [-0.2, 0) is 14.3 Å². The van der Waals surface area contributed by atoms with Crippen LogP contribution in [0.5, 0.6) is 0 Å². The van der Waals surface area contributed by atoms with E-state index in [0.29, 0.717) is 19.4 Å². The monoisotopic (exact) mass is 416 g/mol. The Kier molecular flexibility index (Phi) is 22.0. The van der Waals surface area contributed by atoms with Crippen molar-refractivity contribution in [3.8, 4) is 0 Å². The van der Waals surface area contributed by atoms with Crippen LogP contribution in [0.2, 0.25) is 0 Å². The minimum atomic E-state index is -0.739. The van der Waals surface area contributed by atoms with E-state index in [0.717, 1.165) is 30.8 Å². The van der Waals surface area contributed by atoms with Crippen molar-refractivity contribution in [2.75, 3.05) is 18.1 Å². The van der Waals surface area contributed by atoms with E-state index in [2.05, 4.69) is 6.92 Å². The van der Waals surface area contributed by atoms with Gasteiger partial charge in [-0.05, 0) is 30.8 Å². The highest BCUT2D eigenvalue weighted by molar-refractivity contribution is 7.99. The second-order valence-corrected chi connectivity index (χ2v) is 8.90. The van der Waals surface area contributed by atoms with Crippen molar-refractivity contribution >= 4 is 23.7 Å². The van der Waals surface area contributed by atoms with Crippen molar-refractivity contribution in [2.45, 2.75) is 116 Å². The summed E-state index contributed by atoms with van der Waals surface area (Å²) in [5.74, 6) is 0.913. The van der Waals surface area contributed by atoms with Gasteiger partial charge in [-0.25, -0.2) is 0 Å². The third-order valence-corrected chi connectivity index (χ3v) is 6.01. The number of esters is 1. The van der Waals surface area contributed by atoms with E-state index in [1.165, 1.54) is 70.6 Å². The maximum atomic E-state index is 11.6. The fourth-order valence-electron chi connectivity index (χ4n) is 3.12. The molecule has 0 amide bonds. The first-order chi connectivity index (χ1) is 13.7. The normalized spacial score (nSPS) is 10.9. The summed E-state index contributed by atoms with van der Waals surface area (Å²) >= 11 is 1.71. The van der Waals surface area contributed by atoms with E-state index in [1.54, 1.807) is 11.8 Å². The molecule has 28 heavy (non-hydrogen) atoms. The maximum absolute atomic E-state index is 11.6. The number of ether oxygens (including phenoxy) is 1. The molecule has 0 bridgehead atoms. The van der Waals surface area contributed by atoms with Crippen LogP contribution < -0.4 is 0 Å². The van der Waals surface area contributed by atoms with Gasteiger partial charge < -0.3 is 9.84 Å². The molecule has 0 heterocycles. The lowest BCUT2D eigenvalue weighted by Gasteiger charge is -2.05. The molecule has 5 heteroatoms. The summed E-state index contributed by atoms with van der Waals surface area (Å²) in [4.78, 5) is 22.0. The molecule has 0 fully saturated rings. The fraction of sp³-hybridized carbons (Fsp3) is 0.913. The summed E-state index contributed by atoms with van der Waals surface area (Å²) in [7, 11) is 0. The first-order valence-corrected chi connectivity index (χ1v) is 12.8. The van der Waals surface area contributed by atoms with E-state index >= 15 is 0 Å². The Balaban J connectivity index is 3.15. The zero-order chi connectivity index (χ0) is 20.7. The molecule has 166 valence electrons. The van der Waals surface area contributed by atoms with Crippen LogP contribution in [-0.4, -0.2) is 35.2 Å². The van der Waals surface area contributed by atoms with Crippen LogP contribution in [0.15, 0.2) is 0 Å². The number of carboxylic acid groups (broad SMARTS) is 1. The molecule has 0 aromatic rings. The number of rotatable bonds is 22. The van der Waals surface area contributed by atoms with Gasteiger partial charge in [0.15, 0.2) is 0 Å². The van der Waals surface area contributed by atoms with Crippen LogP contribution in [0.25, 0.3) is 0 Å². The molecule has 0 saturated carbocycles. The van der Waals surface area contributed by atoms with Gasteiger partial charge in [-0.1, -0.05) is 84.0 Å². The van der Waals surface area contributed by atoms with E-state index in [4.69, 9.17) is 9.84 Å². The summed E-state index contributed by atoms with van der Waals surface area (Å²) in [5, 5.41) is 8.54. The number of unbranched alkanes of at least 4 members (excludes halogenated alkanes) is 12. The Morgan fingerprint density at radius 3 is 1.64 bits per heavy atom. The number of carbonyl (C=O) groups is 2. The quantitative estimate of drug-likeness (QED) is 0.152. The molecule has 0 aliphatic rings. The van der Waals surface area contributed by atoms with Crippen molar-refractivity contribution in [1.29, 1.82) is 0 Å². The zero-order valence-electron chi connectivity index (χ0n) is 18.2. The van der Waals surface area contributed by atoms with Gasteiger partial charge in [-0.3, -0.25) is 9.59 Å². The molecular formula is C23H44O4S. The molecule has 0 aromatic carbocycles. The molecular weight excluding hydrogens is 372 g/mol. The summed E-state index contributed by atoms with van der Waals surface area (Å²) in [6.07, 6.45) is 19.4. The first-order valence-electron chi connectivity index (χ1n) is 11.6. The highest BCUT2D eigenvalue weighted by Crippen LogP contribution is 2.13. The lowest BCUT2D eigenvalue weighted by Crippen LogP contribution is -2.06. The van der Waals surface area contributed by atoms with Crippen LogP contribution >= 0.6 is 11.8 Å². The Morgan fingerprint density at radius 1 is 0.679 bits per heavy atom. The smallest absolute Gasteiger partial charge is 0.305 e. The lowest BCUT2D eigenvalue weighted by atomic mass is 10.0. The van der Waals surface area contributed by atoms with E-state index in [-0.39, 0.29) is 12.4 Å². The molecule has 1 N–H and O–H groups in total. The van der Waals surface area contributed by atoms with Gasteiger partial charge >= 0.3 is 11.9 Å².